The molecule has 70 valence electrons. The summed E-state index contributed by atoms with van der Waals surface area (Å²) in [6.07, 6.45) is 7.63. The highest BCUT2D eigenvalue weighted by atomic mass is 16.3. The largest absolute Gasteiger partial charge is 0.396 e. The van der Waals surface area contributed by atoms with Gasteiger partial charge >= 0.3 is 0 Å². The molecule has 1 aliphatic carbocycles. The highest BCUT2D eigenvalue weighted by Crippen LogP contribution is 2.34. The summed E-state index contributed by atoms with van der Waals surface area (Å²) in [6, 6.07) is 0. The first kappa shape index (κ1) is 9.75. The zero-order valence-electron chi connectivity index (χ0n) is 7.66. The van der Waals surface area contributed by atoms with Crippen LogP contribution in [-0.4, -0.2) is 22.4 Å². The second-order valence-corrected chi connectivity index (χ2v) is 3.62. The van der Waals surface area contributed by atoms with Crippen LogP contribution in [0.3, 0.4) is 0 Å². The molecule has 0 aromatic heterocycles. The van der Waals surface area contributed by atoms with Gasteiger partial charge in [-0.3, -0.25) is 0 Å². The first-order chi connectivity index (χ1) is 5.73. The molecule has 0 unspecified atom stereocenters. The molecule has 2 nitrogen and oxygen atoms in total. The Kier molecular flexibility index (Phi) is 3.29. The SMILES string of the molecule is C/C=C/[C@@]1(O)CCCC[C@H]1CO. The van der Waals surface area contributed by atoms with Crippen molar-refractivity contribution < 1.29 is 10.2 Å². The van der Waals surface area contributed by atoms with Gasteiger partial charge in [0.1, 0.15) is 0 Å². The smallest absolute Gasteiger partial charge is 0.0877 e. The molecule has 0 aliphatic heterocycles. The van der Waals surface area contributed by atoms with Crippen LogP contribution in [0, 0.1) is 5.92 Å². The molecule has 0 radical (unpaired) electrons. The van der Waals surface area contributed by atoms with Gasteiger partial charge in [-0.15, -0.1) is 0 Å². The summed E-state index contributed by atoms with van der Waals surface area (Å²) >= 11 is 0. The van der Waals surface area contributed by atoms with Crippen molar-refractivity contribution in [3.63, 3.8) is 0 Å². The fraction of sp³-hybridized carbons (Fsp3) is 0.800. The van der Waals surface area contributed by atoms with Gasteiger partial charge < -0.3 is 10.2 Å². The van der Waals surface area contributed by atoms with E-state index in [-0.39, 0.29) is 12.5 Å². The highest BCUT2D eigenvalue weighted by molar-refractivity contribution is 5.05. The normalized spacial score (nSPS) is 37.4. The minimum Gasteiger partial charge on any atom is -0.396 e. The Balaban J connectivity index is 2.68. The number of aliphatic hydroxyl groups is 2. The van der Waals surface area contributed by atoms with Gasteiger partial charge in [0.25, 0.3) is 0 Å². The minimum absolute atomic E-state index is 0.0439. The van der Waals surface area contributed by atoms with Crippen LogP contribution in [0.1, 0.15) is 32.6 Å². The van der Waals surface area contributed by atoms with E-state index in [1.807, 2.05) is 19.1 Å². The molecule has 0 spiro atoms. The van der Waals surface area contributed by atoms with E-state index in [0.29, 0.717) is 0 Å². The maximum absolute atomic E-state index is 10.1. The average molecular weight is 170 g/mol. The highest BCUT2D eigenvalue weighted by Gasteiger charge is 2.35. The van der Waals surface area contributed by atoms with E-state index in [9.17, 15) is 5.11 Å². The number of hydrogen-bond acceptors (Lipinski definition) is 2. The molecule has 0 heterocycles. The molecule has 0 aromatic carbocycles. The predicted octanol–water partition coefficient (Wildman–Crippen LogP) is 1.48. The first-order valence-corrected chi connectivity index (χ1v) is 4.70. The Morgan fingerprint density at radius 1 is 1.50 bits per heavy atom. The van der Waals surface area contributed by atoms with Gasteiger partial charge in [0.2, 0.25) is 0 Å². The third-order valence-electron chi connectivity index (χ3n) is 2.76. The molecule has 0 bridgehead atoms. The quantitative estimate of drug-likeness (QED) is 0.616. The summed E-state index contributed by atoms with van der Waals surface area (Å²) in [4.78, 5) is 0. The van der Waals surface area contributed by atoms with E-state index in [4.69, 9.17) is 5.11 Å². The number of hydrogen-bond donors (Lipinski definition) is 2. The number of allylic oxidation sites excluding steroid dienone is 1. The summed E-state index contributed by atoms with van der Waals surface area (Å²) < 4.78 is 0. The van der Waals surface area contributed by atoms with Crippen molar-refractivity contribution in [3.05, 3.63) is 12.2 Å². The Hall–Kier alpha value is -0.340. The fourth-order valence-electron chi connectivity index (χ4n) is 2.01. The lowest BCUT2D eigenvalue weighted by molar-refractivity contribution is -0.0281. The summed E-state index contributed by atoms with van der Waals surface area (Å²) in [6.45, 7) is 2.00. The van der Waals surface area contributed by atoms with Crippen molar-refractivity contribution in [2.45, 2.75) is 38.2 Å². The molecule has 2 heteroatoms. The molecular formula is C10H18O2. The van der Waals surface area contributed by atoms with Crippen molar-refractivity contribution in [1.29, 1.82) is 0 Å². The van der Waals surface area contributed by atoms with E-state index in [1.54, 1.807) is 0 Å². The monoisotopic (exact) mass is 170 g/mol. The standard InChI is InChI=1S/C10H18O2/c1-2-6-10(12)7-4-3-5-9(10)8-11/h2,6,9,11-12H,3-5,7-8H2,1H3/b6-2+/t9-,10+/m0/s1. The molecule has 2 N–H and O–H groups in total. The van der Waals surface area contributed by atoms with Crippen LogP contribution in [0.15, 0.2) is 12.2 Å². The second-order valence-electron chi connectivity index (χ2n) is 3.62. The molecule has 1 saturated carbocycles. The predicted molar refractivity (Wildman–Crippen MR) is 48.8 cm³/mol. The summed E-state index contributed by atoms with van der Waals surface area (Å²) in [5.41, 5.74) is -0.734. The van der Waals surface area contributed by atoms with E-state index in [0.717, 1.165) is 25.7 Å². The molecule has 1 aliphatic rings. The third kappa shape index (κ3) is 1.87. The molecule has 0 amide bonds. The fourth-order valence-corrected chi connectivity index (χ4v) is 2.01. The third-order valence-corrected chi connectivity index (χ3v) is 2.76. The van der Waals surface area contributed by atoms with Crippen LogP contribution in [0.25, 0.3) is 0 Å². The van der Waals surface area contributed by atoms with Gasteiger partial charge in [0, 0.05) is 12.5 Å². The van der Waals surface area contributed by atoms with Crippen molar-refractivity contribution in [3.8, 4) is 0 Å². The minimum atomic E-state index is -0.734. The van der Waals surface area contributed by atoms with Gasteiger partial charge in [-0.1, -0.05) is 25.0 Å². The molecule has 0 aromatic rings. The molecule has 1 fully saturated rings. The van der Waals surface area contributed by atoms with E-state index in [1.165, 1.54) is 0 Å². The van der Waals surface area contributed by atoms with Crippen LogP contribution >= 0.6 is 0 Å². The lowest BCUT2D eigenvalue weighted by atomic mass is 9.75. The molecular weight excluding hydrogens is 152 g/mol. The van der Waals surface area contributed by atoms with Crippen LogP contribution in [0.5, 0.6) is 0 Å². The number of rotatable bonds is 2. The number of aliphatic hydroxyl groups excluding tert-OH is 1. The lowest BCUT2D eigenvalue weighted by Crippen LogP contribution is -2.40. The molecule has 12 heavy (non-hydrogen) atoms. The van der Waals surface area contributed by atoms with Gasteiger partial charge in [0.15, 0.2) is 0 Å². The Morgan fingerprint density at radius 3 is 2.83 bits per heavy atom. The van der Waals surface area contributed by atoms with Crippen LogP contribution in [-0.2, 0) is 0 Å². The zero-order valence-corrected chi connectivity index (χ0v) is 7.66. The Morgan fingerprint density at radius 2 is 2.25 bits per heavy atom. The summed E-state index contributed by atoms with van der Waals surface area (Å²) in [7, 11) is 0. The van der Waals surface area contributed by atoms with Crippen molar-refractivity contribution in [1.82, 2.24) is 0 Å². The van der Waals surface area contributed by atoms with Crippen LogP contribution in [0.4, 0.5) is 0 Å². The van der Waals surface area contributed by atoms with Gasteiger partial charge in [-0.05, 0) is 19.8 Å². The van der Waals surface area contributed by atoms with Gasteiger partial charge in [-0.2, -0.15) is 0 Å². The Bertz CT molecular complexity index is 165. The summed E-state index contributed by atoms with van der Waals surface area (Å²) in [5, 5.41) is 19.1. The maximum atomic E-state index is 10.1. The second kappa shape index (κ2) is 4.06. The van der Waals surface area contributed by atoms with Crippen LogP contribution in [0.2, 0.25) is 0 Å². The van der Waals surface area contributed by atoms with E-state index < -0.39 is 5.60 Å². The van der Waals surface area contributed by atoms with Gasteiger partial charge in [-0.25, -0.2) is 0 Å². The lowest BCUT2D eigenvalue weighted by Gasteiger charge is -2.36. The zero-order chi connectivity index (χ0) is 9.03. The maximum Gasteiger partial charge on any atom is 0.0877 e. The van der Waals surface area contributed by atoms with E-state index >= 15 is 0 Å². The van der Waals surface area contributed by atoms with Crippen molar-refractivity contribution in [2.75, 3.05) is 6.61 Å². The van der Waals surface area contributed by atoms with Crippen molar-refractivity contribution >= 4 is 0 Å². The Labute approximate surface area is 73.9 Å². The molecule has 1 rings (SSSR count). The van der Waals surface area contributed by atoms with Gasteiger partial charge in [0.05, 0.1) is 5.60 Å². The summed E-state index contributed by atoms with van der Waals surface area (Å²) in [5.74, 6) is 0.0439. The average Bonchev–Trinajstić information content (AvgIpc) is 2.05. The first-order valence-electron chi connectivity index (χ1n) is 4.70. The topological polar surface area (TPSA) is 40.5 Å². The van der Waals surface area contributed by atoms with E-state index in [2.05, 4.69) is 0 Å². The van der Waals surface area contributed by atoms with Crippen molar-refractivity contribution in [2.24, 2.45) is 5.92 Å². The molecule has 0 saturated heterocycles. The molecule has 2 atom stereocenters. The van der Waals surface area contributed by atoms with Crippen LogP contribution < -0.4 is 0 Å².